The number of hydrogen-bond acceptors (Lipinski definition) is 7. The summed E-state index contributed by atoms with van der Waals surface area (Å²) in [6.07, 6.45) is 9.35. The number of rotatable bonds is 13. The van der Waals surface area contributed by atoms with Gasteiger partial charge in [0.1, 0.15) is 11.6 Å². The number of piperidine rings is 1. The lowest BCUT2D eigenvalue weighted by atomic mass is 9.95. The van der Waals surface area contributed by atoms with Gasteiger partial charge in [-0.1, -0.05) is 36.4 Å². The first-order chi connectivity index (χ1) is 25.7. The quantitative estimate of drug-likeness (QED) is 0.122. The first-order valence-electron chi connectivity index (χ1n) is 18.7. The van der Waals surface area contributed by atoms with Crippen LogP contribution in [0, 0.1) is 0 Å². The van der Waals surface area contributed by atoms with Crippen LogP contribution in [-0.4, -0.2) is 75.5 Å². The third-order valence-corrected chi connectivity index (χ3v) is 11.9. The number of benzene rings is 3. The number of carbonyl (C=O) groups is 4. The van der Waals surface area contributed by atoms with Gasteiger partial charge in [-0.15, -0.1) is 11.3 Å². The zero-order chi connectivity index (χ0) is 36.9. The molecule has 4 aromatic rings. The summed E-state index contributed by atoms with van der Waals surface area (Å²) in [5, 5.41) is 25.2. The molecular formula is C42H46N4O6S. The van der Waals surface area contributed by atoms with Crippen molar-refractivity contribution in [1.82, 2.24) is 9.80 Å². The molecule has 11 heteroatoms. The fourth-order valence-corrected chi connectivity index (χ4v) is 8.93. The van der Waals surface area contributed by atoms with Crippen molar-refractivity contribution in [2.75, 3.05) is 30.3 Å². The van der Waals surface area contributed by atoms with Crippen LogP contribution >= 0.6 is 11.3 Å². The average molecular weight is 735 g/mol. The number of aliphatic hydroxyl groups excluding tert-OH is 1. The maximum atomic E-state index is 13.9. The molecule has 53 heavy (non-hydrogen) atoms. The van der Waals surface area contributed by atoms with Crippen LogP contribution in [0.3, 0.4) is 0 Å². The van der Waals surface area contributed by atoms with Gasteiger partial charge in [0.05, 0.1) is 11.1 Å². The van der Waals surface area contributed by atoms with Crippen LogP contribution in [0.25, 0.3) is 0 Å². The molecule has 10 nitrogen and oxygen atoms in total. The molecule has 0 atom stereocenters. The number of aromatic carboxylic acids is 1. The van der Waals surface area contributed by atoms with E-state index in [4.69, 9.17) is 5.11 Å². The summed E-state index contributed by atoms with van der Waals surface area (Å²) in [5.41, 5.74) is 6.30. The monoisotopic (exact) mass is 734 g/mol. The normalized spacial score (nSPS) is 15.9. The van der Waals surface area contributed by atoms with Gasteiger partial charge in [-0.2, -0.15) is 0 Å². The second kappa shape index (κ2) is 16.4. The summed E-state index contributed by atoms with van der Waals surface area (Å²) in [4.78, 5) is 56.2. The van der Waals surface area contributed by atoms with Crippen LogP contribution in [0.4, 0.5) is 10.7 Å². The molecule has 1 aromatic heterocycles. The molecule has 3 aliphatic rings. The minimum atomic E-state index is -0.937. The summed E-state index contributed by atoms with van der Waals surface area (Å²) >= 11 is 1.51. The van der Waals surface area contributed by atoms with E-state index in [2.05, 4.69) is 21.6 Å². The predicted octanol–water partition coefficient (Wildman–Crippen LogP) is 6.56. The lowest BCUT2D eigenvalue weighted by Gasteiger charge is -2.38. The average Bonchev–Trinajstić information content (AvgIpc) is 3.96. The van der Waals surface area contributed by atoms with Crippen LogP contribution in [0.1, 0.15) is 96.7 Å². The van der Waals surface area contributed by atoms with Crippen molar-refractivity contribution < 1.29 is 29.4 Å². The van der Waals surface area contributed by atoms with Crippen LogP contribution in [0.5, 0.6) is 0 Å². The molecule has 1 saturated heterocycles. The van der Waals surface area contributed by atoms with Crippen molar-refractivity contribution in [2.24, 2.45) is 0 Å². The maximum Gasteiger partial charge on any atom is 0.335 e. The van der Waals surface area contributed by atoms with Crippen molar-refractivity contribution in [3.05, 3.63) is 117 Å². The standard InChI is InChI=1S/C42H46N4O6S/c47-26-37(48)45-22-20-34(21-23-45)46(33-18-19-33)25-29-4-3-5-31(24-29)39(49)44-41-38(35-6-1-2-7-36(35)53-41)40(50)43-32-16-12-28(13-17-32)9-8-27-10-14-30(15-11-27)42(51)52/h3-5,10-17,24,33-34,47H,1-2,6-9,18-23,25-26H2,(H,43,50)(H,44,49)(H,51,52). The number of aryl methyl sites for hydroxylation is 3. The van der Waals surface area contributed by atoms with E-state index in [1.807, 2.05) is 54.6 Å². The Morgan fingerprint density at radius 2 is 1.42 bits per heavy atom. The van der Waals surface area contributed by atoms with Gasteiger partial charge >= 0.3 is 5.97 Å². The van der Waals surface area contributed by atoms with Gasteiger partial charge in [0.25, 0.3) is 11.8 Å². The van der Waals surface area contributed by atoms with Gasteiger partial charge in [-0.25, -0.2) is 4.79 Å². The molecule has 3 aromatic carbocycles. The topological polar surface area (TPSA) is 139 Å². The van der Waals surface area contributed by atoms with Gasteiger partial charge in [0.15, 0.2) is 0 Å². The van der Waals surface area contributed by atoms with E-state index in [1.54, 1.807) is 17.0 Å². The number of carboxylic acid groups (broad SMARTS) is 1. The molecule has 2 aliphatic carbocycles. The number of hydrogen-bond donors (Lipinski definition) is 4. The highest BCUT2D eigenvalue weighted by atomic mass is 32.1. The fourth-order valence-electron chi connectivity index (χ4n) is 7.65. The number of nitrogens with zero attached hydrogens (tertiary/aromatic N) is 2. The van der Waals surface area contributed by atoms with E-state index < -0.39 is 12.6 Å². The number of amides is 3. The number of fused-ring (bicyclic) bond motifs is 1. The Labute approximate surface area is 313 Å². The Bertz CT molecular complexity index is 1960. The summed E-state index contributed by atoms with van der Waals surface area (Å²) in [6.45, 7) is 1.58. The molecule has 3 amide bonds. The van der Waals surface area contributed by atoms with Crippen LogP contribution in [0.15, 0.2) is 72.8 Å². The third-order valence-electron chi connectivity index (χ3n) is 10.7. The lowest BCUT2D eigenvalue weighted by Crippen LogP contribution is -2.47. The third kappa shape index (κ3) is 8.87. The highest BCUT2D eigenvalue weighted by Gasteiger charge is 2.36. The molecule has 7 rings (SSSR count). The van der Waals surface area contributed by atoms with E-state index in [0.717, 1.165) is 97.9 Å². The van der Waals surface area contributed by atoms with Crippen molar-refractivity contribution in [3.63, 3.8) is 0 Å². The Hall–Kier alpha value is -4.84. The molecule has 2 fully saturated rings. The summed E-state index contributed by atoms with van der Waals surface area (Å²) in [6, 6.07) is 23.3. The summed E-state index contributed by atoms with van der Waals surface area (Å²) in [7, 11) is 0. The molecule has 1 aliphatic heterocycles. The van der Waals surface area contributed by atoms with E-state index in [9.17, 15) is 24.3 Å². The molecule has 276 valence electrons. The molecule has 2 heterocycles. The van der Waals surface area contributed by atoms with Gasteiger partial charge in [0, 0.05) is 47.8 Å². The number of aliphatic hydroxyl groups is 1. The minimum Gasteiger partial charge on any atom is -0.478 e. The second-order valence-corrected chi connectivity index (χ2v) is 15.5. The van der Waals surface area contributed by atoms with Gasteiger partial charge in [-0.3, -0.25) is 19.3 Å². The van der Waals surface area contributed by atoms with Crippen molar-refractivity contribution >= 4 is 45.7 Å². The number of likely N-dealkylation sites (tertiary alicyclic amines) is 1. The largest absolute Gasteiger partial charge is 0.478 e. The van der Waals surface area contributed by atoms with Gasteiger partial charge in [-0.05, 0) is 123 Å². The Balaban J connectivity index is 1.00. The Kier molecular flexibility index (Phi) is 11.3. The predicted molar refractivity (Wildman–Crippen MR) is 206 cm³/mol. The first-order valence-corrected chi connectivity index (χ1v) is 19.5. The highest BCUT2D eigenvalue weighted by molar-refractivity contribution is 7.17. The summed E-state index contributed by atoms with van der Waals surface area (Å²) in [5.74, 6) is -1.62. The molecule has 0 spiro atoms. The minimum absolute atomic E-state index is 0.210. The van der Waals surface area contributed by atoms with Crippen molar-refractivity contribution in [2.45, 2.75) is 82.8 Å². The molecule has 0 bridgehead atoms. The lowest BCUT2D eigenvalue weighted by molar-refractivity contribution is -0.135. The second-order valence-electron chi connectivity index (χ2n) is 14.4. The number of carboxylic acids is 1. The molecular weight excluding hydrogens is 689 g/mol. The van der Waals surface area contributed by atoms with Crippen LogP contribution < -0.4 is 10.6 Å². The van der Waals surface area contributed by atoms with Gasteiger partial charge < -0.3 is 25.7 Å². The van der Waals surface area contributed by atoms with E-state index in [1.165, 1.54) is 11.3 Å². The zero-order valence-corrected chi connectivity index (χ0v) is 30.6. The van der Waals surface area contributed by atoms with Gasteiger partial charge in [0.2, 0.25) is 5.91 Å². The Morgan fingerprint density at radius 1 is 0.755 bits per heavy atom. The molecule has 1 saturated carbocycles. The Morgan fingerprint density at radius 3 is 2.08 bits per heavy atom. The fraction of sp³-hybridized carbons (Fsp3) is 0.381. The molecule has 0 unspecified atom stereocenters. The van der Waals surface area contributed by atoms with E-state index in [0.29, 0.717) is 47.0 Å². The number of nitrogens with one attached hydrogen (secondary N) is 2. The van der Waals surface area contributed by atoms with E-state index in [-0.39, 0.29) is 23.3 Å². The molecule has 4 N–H and O–H groups in total. The zero-order valence-electron chi connectivity index (χ0n) is 29.8. The van der Waals surface area contributed by atoms with Crippen molar-refractivity contribution in [1.29, 1.82) is 0 Å². The smallest absolute Gasteiger partial charge is 0.335 e. The van der Waals surface area contributed by atoms with E-state index >= 15 is 0 Å². The summed E-state index contributed by atoms with van der Waals surface area (Å²) < 4.78 is 0. The number of thiophene rings is 1. The first kappa shape index (κ1) is 36.5. The highest BCUT2D eigenvalue weighted by Crippen LogP contribution is 2.39. The SMILES string of the molecule is O=C(O)c1ccc(CCc2ccc(NC(=O)c3c(NC(=O)c4cccc(CN(C5CC5)C5CCN(C(=O)CO)CC5)c4)sc4c3CCCC4)cc2)cc1. The number of carbonyl (C=O) groups excluding carboxylic acids is 3. The number of anilines is 2. The molecule has 0 radical (unpaired) electrons. The van der Waals surface area contributed by atoms with Crippen molar-refractivity contribution in [3.8, 4) is 0 Å². The van der Waals surface area contributed by atoms with Crippen LogP contribution in [-0.2, 0) is 37.0 Å². The van der Waals surface area contributed by atoms with Crippen LogP contribution in [0.2, 0.25) is 0 Å². The maximum absolute atomic E-state index is 13.9.